The van der Waals surface area contributed by atoms with Crippen LogP contribution in [-0.2, 0) is 18.9 Å². The van der Waals surface area contributed by atoms with Gasteiger partial charge in [0.05, 0.1) is 5.56 Å². The predicted octanol–water partition coefficient (Wildman–Crippen LogP) is 2.74. The lowest BCUT2D eigenvalue weighted by Gasteiger charge is -2.19. The monoisotopic (exact) mass is 326 g/mol. The third-order valence-electron chi connectivity index (χ3n) is 3.68. The summed E-state index contributed by atoms with van der Waals surface area (Å²) >= 11 is 0. The topological polar surface area (TPSA) is 54.0 Å². The predicted molar refractivity (Wildman–Crippen MR) is 81.9 cm³/mol. The van der Waals surface area contributed by atoms with Crippen molar-refractivity contribution in [3.8, 4) is 0 Å². The molecule has 1 aromatic rings. The SMILES string of the molecule is CCCCO[C@H]1C(F)C(OC)O[C@@H]1COC(=O)c1ccccc1. The summed E-state index contributed by atoms with van der Waals surface area (Å²) in [5, 5.41) is 0. The average molecular weight is 326 g/mol. The lowest BCUT2D eigenvalue weighted by atomic mass is 10.1. The van der Waals surface area contributed by atoms with Gasteiger partial charge in [-0.15, -0.1) is 0 Å². The number of unbranched alkanes of at least 4 members (excludes halogenated alkanes) is 1. The first-order valence-electron chi connectivity index (χ1n) is 7.83. The van der Waals surface area contributed by atoms with E-state index in [4.69, 9.17) is 18.9 Å². The molecule has 1 fully saturated rings. The number of esters is 1. The molecule has 1 aromatic carbocycles. The molecule has 0 saturated carbocycles. The molecule has 1 heterocycles. The smallest absolute Gasteiger partial charge is 0.338 e. The lowest BCUT2D eigenvalue weighted by Crippen LogP contribution is -2.36. The number of benzene rings is 1. The van der Waals surface area contributed by atoms with Gasteiger partial charge >= 0.3 is 5.97 Å². The average Bonchev–Trinajstić information content (AvgIpc) is 2.89. The molecule has 4 atom stereocenters. The Hall–Kier alpha value is -1.50. The summed E-state index contributed by atoms with van der Waals surface area (Å²) < 4.78 is 35.5. The molecule has 2 rings (SSSR count). The van der Waals surface area contributed by atoms with Crippen LogP contribution in [0.5, 0.6) is 0 Å². The fourth-order valence-corrected chi connectivity index (χ4v) is 2.38. The van der Waals surface area contributed by atoms with Crippen LogP contribution in [0, 0.1) is 0 Å². The van der Waals surface area contributed by atoms with E-state index in [1.807, 2.05) is 13.0 Å². The number of rotatable bonds is 8. The van der Waals surface area contributed by atoms with Crippen LogP contribution in [0.1, 0.15) is 30.1 Å². The van der Waals surface area contributed by atoms with Crippen LogP contribution >= 0.6 is 0 Å². The van der Waals surface area contributed by atoms with Crippen LogP contribution in [-0.4, -0.2) is 51.0 Å². The maximum absolute atomic E-state index is 14.3. The fourth-order valence-electron chi connectivity index (χ4n) is 2.38. The fraction of sp³-hybridized carbons (Fsp3) is 0.588. The number of halogens is 1. The third-order valence-corrected chi connectivity index (χ3v) is 3.68. The number of hydrogen-bond donors (Lipinski definition) is 0. The van der Waals surface area contributed by atoms with Crippen LogP contribution in [0.25, 0.3) is 0 Å². The molecule has 1 aliphatic rings. The van der Waals surface area contributed by atoms with Crippen molar-refractivity contribution in [2.45, 2.75) is 44.4 Å². The largest absolute Gasteiger partial charge is 0.459 e. The van der Waals surface area contributed by atoms with Crippen molar-refractivity contribution >= 4 is 5.97 Å². The number of ether oxygens (including phenoxy) is 4. The van der Waals surface area contributed by atoms with E-state index in [9.17, 15) is 9.18 Å². The minimum atomic E-state index is -1.41. The van der Waals surface area contributed by atoms with Crippen molar-refractivity contribution in [2.24, 2.45) is 0 Å². The summed E-state index contributed by atoms with van der Waals surface area (Å²) in [6, 6.07) is 8.62. The number of alkyl halides is 1. The Morgan fingerprint density at radius 3 is 2.70 bits per heavy atom. The van der Waals surface area contributed by atoms with E-state index in [2.05, 4.69) is 0 Å². The molecule has 1 aliphatic heterocycles. The Kier molecular flexibility index (Phi) is 6.95. The summed E-state index contributed by atoms with van der Waals surface area (Å²) in [6.07, 6.45) is -2.10. The molecule has 0 N–H and O–H groups in total. The number of carbonyl (C=O) groups excluding carboxylic acids is 1. The summed E-state index contributed by atoms with van der Waals surface area (Å²) in [6.45, 7) is 2.38. The molecule has 0 aliphatic carbocycles. The van der Waals surface area contributed by atoms with Gasteiger partial charge < -0.3 is 18.9 Å². The maximum Gasteiger partial charge on any atom is 0.338 e. The van der Waals surface area contributed by atoms with Crippen molar-refractivity contribution in [3.05, 3.63) is 35.9 Å². The van der Waals surface area contributed by atoms with Crippen LogP contribution in [0.3, 0.4) is 0 Å². The van der Waals surface area contributed by atoms with Gasteiger partial charge in [-0.25, -0.2) is 9.18 Å². The molecule has 0 bridgehead atoms. The molecule has 0 spiro atoms. The van der Waals surface area contributed by atoms with Crippen LogP contribution in [0.2, 0.25) is 0 Å². The number of carbonyl (C=O) groups is 1. The Bertz CT molecular complexity index is 481. The van der Waals surface area contributed by atoms with Crippen molar-refractivity contribution < 1.29 is 28.1 Å². The molecule has 23 heavy (non-hydrogen) atoms. The van der Waals surface area contributed by atoms with Crippen molar-refractivity contribution in [3.63, 3.8) is 0 Å². The first-order valence-corrected chi connectivity index (χ1v) is 7.83. The zero-order valence-electron chi connectivity index (χ0n) is 13.4. The molecule has 128 valence electrons. The minimum Gasteiger partial charge on any atom is -0.459 e. The molecular formula is C17H23FO5. The normalized spacial score (nSPS) is 27.1. The Labute approximate surface area is 135 Å². The van der Waals surface area contributed by atoms with Crippen LogP contribution < -0.4 is 0 Å². The van der Waals surface area contributed by atoms with Crippen LogP contribution in [0.4, 0.5) is 4.39 Å². The van der Waals surface area contributed by atoms with E-state index < -0.39 is 30.6 Å². The van der Waals surface area contributed by atoms with Gasteiger partial charge in [-0.2, -0.15) is 0 Å². The summed E-state index contributed by atoms with van der Waals surface area (Å²) in [5.41, 5.74) is 0.439. The third kappa shape index (κ3) is 4.73. The first-order chi connectivity index (χ1) is 11.2. The second kappa shape index (κ2) is 8.96. The molecule has 0 amide bonds. The van der Waals surface area contributed by atoms with E-state index in [0.717, 1.165) is 12.8 Å². The Morgan fingerprint density at radius 2 is 2.04 bits per heavy atom. The molecular weight excluding hydrogens is 303 g/mol. The molecule has 6 heteroatoms. The maximum atomic E-state index is 14.3. The van der Waals surface area contributed by atoms with Gasteiger partial charge in [0, 0.05) is 13.7 Å². The summed E-state index contributed by atoms with van der Waals surface area (Å²) in [5.74, 6) is -0.474. The quantitative estimate of drug-likeness (QED) is 0.543. The Morgan fingerprint density at radius 1 is 1.30 bits per heavy atom. The standard InChI is InChI=1S/C17H23FO5/c1-3-4-10-21-15-13(23-17(20-2)14(15)18)11-22-16(19)12-8-6-5-7-9-12/h5-9,13-15,17H,3-4,10-11H2,1-2H3/t13-,14?,15-,17?/m1/s1. The zero-order valence-corrected chi connectivity index (χ0v) is 13.4. The van der Waals surface area contributed by atoms with Crippen molar-refractivity contribution in [1.29, 1.82) is 0 Å². The zero-order chi connectivity index (χ0) is 16.7. The molecule has 0 radical (unpaired) electrons. The number of methoxy groups -OCH3 is 1. The van der Waals surface area contributed by atoms with E-state index in [1.54, 1.807) is 24.3 Å². The van der Waals surface area contributed by atoms with E-state index in [-0.39, 0.29) is 6.61 Å². The van der Waals surface area contributed by atoms with E-state index in [1.165, 1.54) is 7.11 Å². The van der Waals surface area contributed by atoms with Gasteiger partial charge in [-0.1, -0.05) is 31.5 Å². The molecule has 1 saturated heterocycles. The summed E-state index contributed by atoms with van der Waals surface area (Å²) in [4.78, 5) is 12.0. The number of hydrogen-bond acceptors (Lipinski definition) is 5. The van der Waals surface area contributed by atoms with Gasteiger partial charge in [-0.3, -0.25) is 0 Å². The Balaban J connectivity index is 1.91. The summed E-state index contributed by atoms with van der Waals surface area (Å²) in [7, 11) is 1.37. The molecule has 2 unspecified atom stereocenters. The van der Waals surface area contributed by atoms with Crippen molar-refractivity contribution in [1.82, 2.24) is 0 Å². The van der Waals surface area contributed by atoms with E-state index >= 15 is 0 Å². The van der Waals surface area contributed by atoms with Crippen molar-refractivity contribution in [2.75, 3.05) is 20.3 Å². The molecule has 5 nitrogen and oxygen atoms in total. The van der Waals surface area contributed by atoms with Gasteiger partial charge in [0.2, 0.25) is 0 Å². The second-order valence-electron chi connectivity index (χ2n) is 5.38. The van der Waals surface area contributed by atoms with Gasteiger partial charge in [0.15, 0.2) is 12.5 Å². The molecule has 0 aromatic heterocycles. The highest BCUT2D eigenvalue weighted by Crippen LogP contribution is 2.28. The van der Waals surface area contributed by atoms with Gasteiger partial charge in [0.25, 0.3) is 0 Å². The van der Waals surface area contributed by atoms with Crippen LogP contribution in [0.15, 0.2) is 30.3 Å². The lowest BCUT2D eigenvalue weighted by molar-refractivity contribution is -0.142. The highest BCUT2D eigenvalue weighted by Gasteiger charge is 2.46. The highest BCUT2D eigenvalue weighted by atomic mass is 19.1. The van der Waals surface area contributed by atoms with E-state index in [0.29, 0.717) is 12.2 Å². The first kappa shape index (κ1) is 17.8. The highest BCUT2D eigenvalue weighted by molar-refractivity contribution is 5.89. The second-order valence-corrected chi connectivity index (χ2v) is 5.38. The van der Waals surface area contributed by atoms with Gasteiger partial charge in [0.1, 0.15) is 18.8 Å². The van der Waals surface area contributed by atoms with Gasteiger partial charge in [-0.05, 0) is 18.6 Å². The minimum absolute atomic E-state index is 0.0786.